The maximum absolute atomic E-state index is 12.9. The van der Waals surface area contributed by atoms with Crippen LogP contribution in [0.2, 0.25) is 0 Å². The first-order valence-corrected chi connectivity index (χ1v) is 11.6. The summed E-state index contributed by atoms with van der Waals surface area (Å²) in [5.74, 6) is 1.52. The van der Waals surface area contributed by atoms with Gasteiger partial charge in [-0.25, -0.2) is 0 Å². The summed E-state index contributed by atoms with van der Waals surface area (Å²) in [4.78, 5) is 16.0. The van der Waals surface area contributed by atoms with Crippen LogP contribution >= 0.6 is 11.8 Å². The molecule has 1 aliphatic heterocycles. The van der Waals surface area contributed by atoms with E-state index in [1.54, 1.807) is 18.9 Å². The summed E-state index contributed by atoms with van der Waals surface area (Å²) in [7, 11) is 1.65. The molecule has 1 aliphatic rings. The Hall–Kier alpha value is -2.93. The van der Waals surface area contributed by atoms with Crippen molar-refractivity contribution in [2.24, 2.45) is 0 Å². The second kappa shape index (κ2) is 9.47. The Morgan fingerprint density at radius 2 is 2.00 bits per heavy atom. The molecule has 1 amide bonds. The Morgan fingerprint density at radius 1 is 1.19 bits per heavy atom. The molecule has 0 bridgehead atoms. The number of benzene rings is 2. The molecule has 0 N–H and O–H groups in total. The normalized spacial score (nSPS) is 13.3. The quantitative estimate of drug-likeness (QED) is 0.535. The predicted molar refractivity (Wildman–Crippen MR) is 123 cm³/mol. The Kier molecular flexibility index (Phi) is 6.51. The molecule has 0 atom stereocenters. The fraction of sp³-hybridized carbons (Fsp3) is 0.333. The van der Waals surface area contributed by atoms with Crippen LogP contribution in [0.25, 0.3) is 11.1 Å². The van der Waals surface area contributed by atoms with Crippen LogP contribution in [-0.2, 0) is 17.9 Å². The van der Waals surface area contributed by atoms with Crippen LogP contribution in [0.1, 0.15) is 17.7 Å². The average molecular weight is 438 g/mol. The van der Waals surface area contributed by atoms with Gasteiger partial charge in [0.1, 0.15) is 6.61 Å². The monoisotopic (exact) mass is 437 g/mol. The highest BCUT2D eigenvalue weighted by atomic mass is 32.2. The summed E-state index contributed by atoms with van der Waals surface area (Å²) < 4.78 is 13.5. The second-order valence-corrected chi connectivity index (χ2v) is 8.41. The third kappa shape index (κ3) is 4.88. The predicted octanol–water partition coefficient (Wildman–Crippen LogP) is 4.40. The molecule has 1 aromatic heterocycles. The van der Waals surface area contributed by atoms with Gasteiger partial charge >= 0.3 is 0 Å². The van der Waals surface area contributed by atoms with E-state index in [4.69, 9.17) is 9.47 Å². The number of nitrogens with zero attached hydrogens (tertiary/aromatic N) is 3. The number of rotatable bonds is 6. The zero-order valence-corrected chi connectivity index (χ0v) is 18.9. The van der Waals surface area contributed by atoms with E-state index in [0.29, 0.717) is 38.4 Å². The molecule has 7 heteroatoms. The summed E-state index contributed by atoms with van der Waals surface area (Å²) in [5.41, 5.74) is 4.07. The maximum atomic E-state index is 12.9. The summed E-state index contributed by atoms with van der Waals surface area (Å²) in [6.07, 6.45) is 4.38. The van der Waals surface area contributed by atoms with Gasteiger partial charge in [-0.3, -0.25) is 9.48 Å². The molecule has 3 aromatic rings. The number of carbonyl (C=O) groups is 1. The van der Waals surface area contributed by atoms with Gasteiger partial charge in [-0.2, -0.15) is 5.10 Å². The summed E-state index contributed by atoms with van der Waals surface area (Å²) in [5, 5.41) is 4.37. The third-order valence-electron chi connectivity index (χ3n) is 5.43. The number of ether oxygens (including phenoxy) is 2. The number of hydrogen-bond donors (Lipinski definition) is 0. The summed E-state index contributed by atoms with van der Waals surface area (Å²) >= 11 is 1.72. The molecule has 2 aromatic carbocycles. The van der Waals surface area contributed by atoms with Gasteiger partial charge in [-0.1, -0.05) is 12.1 Å². The molecule has 0 saturated heterocycles. The van der Waals surface area contributed by atoms with Crippen LogP contribution in [0.3, 0.4) is 0 Å². The Bertz CT molecular complexity index is 1060. The second-order valence-electron chi connectivity index (χ2n) is 7.53. The van der Waals surface area contributed by atoms with Gasteiger partial charge in [-0.15, -0.1) is 11.8 Å². The van der Waals surface area contributed by atoms with Gasteiger partial charge in [0.05, 0.1) is 19.3 Å². The number of carbonyl (C=O) groups excluding carboxylic acids is 1. The Morgan fingerprint density at radius 3 is 2.68 bits per heavy atom. The fourth-order valence-corrected chi connectivity index (χ4v) is 4.16. The Labute approximate surface area is 187 Å². The third-order valence-corrected chi connectivity index (χ3v) is 6.17. The molecular formula is C24H27N3O3S. The molecule has 31 heavy (non-hydrogen) atoms. The van der Waals surface area contributed by atoms with Crippen LogP contribution < -0.4 is 9.47 Å². The molecule has 6 nitrogen and oxygen atoms in total. The molecule has 0 spiro atoms. The molecule has 2 heterocycles. The van der Waals surface area contributed by atoms with Crippen molar-refractivity contribution in [1.82, 2.24) is 14.7 Å². The molecule has 0 radical (unpaired) electrons. The number of hydrogen-bond acceptors (Lipinski definition) is 5. The van der Waals surface area contributed by atoms with Crippen molar-refractivity contribution in [3.05, 3.63) is 59.9 Å². The fourth-order valence-electron chi connectivity index (χ4n) is 3.75. The minimum Gasteiger partial charge on any atom is -0.493 e. The maximum Gasteiger partial charge on any atom is 0.224 e. The van der Waals surface area contributed by atoms with Crippen molar-refractivity contribution in [2.45, 2.75) is 31.3 Å². The van der Waals surface area contributed by atoms with E-state index < -0.39 is 0 Å². The lowest BCUT2D eigenvalue weighted by Crippen LogP contribution is -2.33. The average Bonchev–Trinajstić information content (AvgIpc) is 3.09. The van der Waals surface area contributed by atoms with Crippen LogP contribution in [0.5, 0.6) is 11.5 Å². The number of aromatic nitrogens is 2. The first-order chi connectivity index (χ1) is 15.1. The van der Waals surface area contributed by atoms with E-state index in [9.17, 15) is 4.79 Å². The molecule has 0 aliphatic carbocycles. The van der Waals surface area contributed by atoms with Gasteiger partial charge in [0.25, 0.3) is 0 Å². The van der Waals surface area contributed by atoms with Crippen LogP contribution in [0, 0.1) is 6.92 Å². The molecule has 0 fully saturated rings. The van der Waals surface area contributed by atoms with Crippen LogP contribution in [-0.4, -0.2) is 47.1 Å². The lowest BCUT2D eigenvalue weighted by Gasteiger charge is -2.20. The number of thioether (sulfide) groups is 1. The highest BCUT2D eigenvalue weighted by Crippen LogP contribution is 2.38. The van der Waals surface area contributed by atoms with Crippen molar-refractivity contribution >= 4 is 17.7 Å². The minimum absolute atomic E-state index is 0.0956. The highest BCUT2D eigenvalue weighted by molar-refractivity contribution is 7.98. The number of methoxy groups -OCH3 is 1. The Balaban J connectivity index is 1.56. The first-order valence-electron chi connectivity index (χ1n) is 10.3. The summed E-state index contributed by atoms with van der Waals surface area (Å²) in [6, 6.07) is 14.5. The van der Waals surface area contributed by atoms with E-state index in [0.717, 1.165) is 28.1 Å². The van der Waals surface area contributed by atoms with Crippen molar-refractivity contribution in [3.63, 3.8) is 0 Å². The SMILES string of the molecule is COc1cc(-c2ccc(SC)cc2)cc2c1OCCN(C(=O)CCn1ccc(C)n1)C2. The van der Waals surface area contributed by atoms with Gasteiger partial charge in [0, 0.05) is 36.2 Å². The smallest absolute Gasteiger partial charge is 0.224 e. The van der Waals surface area contributed by atoms with E-state index >= 15 is 0 Å². The van der Waals surface area contributed by atoms with Crippen molar-refractivity contribution < 1.29 is 14.3 Å². The van der Waals surface area contributed by atoms with Crippen molar-refractivity contribution in [1.29, 1.82) is 0 Å². The molecule has 4 rings (SSSR count). The molecular weight excluding hydrogens is 410 g/mol. The first kappa shape index (κ1) is 21.3. The largest absolute Gasteiger partial charge is 0.493 e. The van der Waals surface area contributed by atoms with Gasteiger partial charge < -0.3 is 14.4 Å². The van der Waals surface area contributed by atoms with E-state index in [2.05, 4.69) is 41.7 Å². The number of fused-ring (bicyclic) bond motifs is 1. The topological polar surface area (TPSA) is 56.6 Å². The van der Waals surface area contributed by atoms with Crippen molar-refractivity contribution in [3.8, 4) is 22.6 Å². The van der Waals surface area contributed by atoms with Crippen LogP contribution in [0.4, 0.5) is 0 Å². The highest BCUT2D eigenvalue weighted by Gasteiger charge is 2.23. The van der Waals surface area contributed by atoms with E-state index in [1.165, 1.54) is 4.90 Å². The van der Waals surface area contributed by atoms with E-state index in [1.807, 2.05) is 34.8 Å². The zero-order valence-electron chi connectivity index (χ0n) is 18.1. The van der Waals surface area contributed by atoms with Gasteiger partial charge in [0.2, 0.25) is 5.91 Å². The molecule has 0 unspecified atom stereocenters. The van der Waals surface area contributed by atoms with Gasteiger partial charge in [-0.05, 0) is 54.6 Å². The zero-order chi connectivity index (χ0) is 21.8. The lowest BCUT2D eigenvalue weighted by atomic mass is 10.0. The molecule has 0 saturated carbocycles. The number of aryl methyl sites for hydroxylation is 2. The van der Waals surface area contributed by atoms with Crippen molar-refractivity contribution in [2.75, 3.05) is 26.5 Å². The lowest BCUT2D eigenvalue weighted by molar-refractivity contribution is -0.132. The van der Waals surface area contributed by atoms with E-state index in [-0.39, 0.29) is 5.91 Å². The van der Waals surface area contributed by atoms with Crippen LogP contribution in [0.15, 0.2) is 53.6 Å². The number of amides is 1. The molecule has 162 valence electrons. The standard InChI is InChI=1S/C24H27N3O3S/c1-17-8-10-27(25-17)11-9-23(28)26-12-13-30-24-20(16-26)14-19(15-22(24)29-2)18-4-6-21(31-3)7-5-18/h4-8,10,14-15H,9,11-13,16H2,1-3H3. The summed E-state index contributed by atoms with van der Waals surface area (Å²) in [6.45, 7) is 4.01. The van der Waals surface area contributed by atoms with Gasteiger partial charge in [0.15, 0.2) is 11.5 Å². The minimum atomic E-state index is 0.0956.